The summed E-state index contributed by atoms with van der Waals surface area (Å²) in [4.78, 5) is 0. The van der Waals surface area contributed by atoms with Gasteiger partial charge in [0, 0.05) is 0 Å². The van der Waals surface area contributed by atoms with Crippen molar-refractivity contribution in [2.45, 2.75) is 32.5 Å². The van der Waals surface area contributed by atoms with E-state index in [1.54, 1.807) is 6.07 Å². The van der Waals surface area contributed by atoms with Crippen molar-refractivity contribution in [2.24, 2.45) is 5.92 Å². The molecule has 1 aliphatic heterocycles. The molecule has 2 rings (SSSR count). The van der Waals surface area contributed by atoms with E-state index in [9.17, 15) is 13.2 Å². The van der Waals surface area contributed by atoms with Crippen LogP contribution in [-0.4, -0.2) is 19.5 Å². The van der Waals surface area contributed by atoms with Crippen molar-refractivity contribution in [2.75, 3.05) is 13.1 Å². The summed E-state index contributed by atoms with van der Waals surface area (Å²) in [6.07, 6.45) is -3.61. The lowest BCUT2D eigenvalue weighted by molar-refractivity contribution is -0.274. The molecule has 1 aromatic rings. The third kappa shape index (κ3) is 3.62. The smallest absolute Gasteiger partial charge is 0.406 e. The molecule has 2 unspecified atom stereocenters. The number of hydrogen-bond donors (Lipinski definition) is 1. The maximum atomic E-state index is 12.2. The number of alkyl halides is 3. The van der Waals surface area contributed by atoms with Gasteiger partial charge >= 0.3 is 6.36 Å². The first-order chi connectivity index (χ1) is 8.87. The van der Waals surface area contributed by atoms with Crippen LogP contribution in [0.15, 0.2) is 18.2 Å². The zero-order valence-corrected chi connectivity index (χ0v) is 11.1. The molecule has 0 bridgehead atoms. The van der Waals surface area contributed by atoms with Gasteiger partial charge in [-0.1, -0.05) is 13.0 Å². The summed E-state index contributed by atoms with van der Waals surface area (Å²) in [7, 11) is 0. The molecule has 0 aliphatic carbocycles. The first-order valence-corrected chi connectivity index (χ1v) is 6.44. The van der Waals surface area contributed by atoms with Crippen LogP contribution in [0.4, 0.5) is 13.2 Å². The molecule has 0 amide bonds. The van der Waals surface area contributed by atoms with E-state index >= 15 is 0 Å². The molecule has 0 spiro atoms. The van der Waals surface area contributed by atoms with Crippen LogP contribution >= 0.6 is 0 Å². The fourth-order valence-corrected chi connectivity index (χ4v) is 2.74. The molecule has 1 heterocycles. The van der Waals surface area contributed by atoms with Crippen LogP contribution in [0.25, 0.3) is 0 Å². The molecule has 19 heavy (non-hydrogen) atoms. The van der Waals surface area contributed by atoms with Crippen molar-refractivity contribution >= 4 is 0 Å². The summed E-state index contributed by atoms with van der Waals surface area (Å²) in [5.74, 6) is 0.748. The van der Waals surface area contributed by atoms with Crippen LogP contribution in [0, 0.1) is 12.8 Å². The second-order valence-electron chi connectivity index (χ2n) is 5.14. The fourth-order valence-electron chi connectivity index (χ4n) is 2.74. The van der Waals surface area contributed by atoms with Gasteiger partial charge in [0.2, 0.25) is 0 Å². The third-order valence-corrected chi connectivity index (χ3v) is 3.66. The van der Waals surface area contributed by atoms with E-state index in [1.807, 2.05) is 6.92 Å². The molecule has 2 nitrogen and oxygen atoms in total. The monoisotopic (exact) mass is 273 g/mol. The molecule has 0 saturated carbocycles. The minimum Gasteiger partial charge on any atom is -0.406 e. The van der Waals surface area contributed by atoms with Crippen molar-refractivity contribution in [3.63, 3.8) is 0 Å². The lowest BCUT2D eigenvalue weighted by Crippen LogP contribution is -2.34. The summed E-state index contributed by atoms with van der Waals surface area (Å²) >= 11 is 0. The van der Waals surface area contributed by atoms with E-state index in [0.29, 0.717) is 11.8 Å². The highest BCUT2D eigenvalue weighted by molar-refractivity contribution is 5.37. The lowest BCUT2D eigenvalue weighted by Gasteiger charge is -2.31. The number of aryl methyl sites for hydroxylation is 1. The molecule has 1 fully saturated rings. The molecule has 1 aromatic carbocycles. The zero-order valence-electron chi connectivity index (χ0n) is 11.1. The van der Waals surface area contributed by atoms with Crippen LogP contribution in [0.5, 0.6) is 5.75 Å². The van der Waals surface area contributed by atoms with E-state index in [2.05, 4.69) is 17.0 Å². The van der Waals surface area contributed by atoms with Crippen molar-refractivity contribution in [3.8, 4) is 5.75 Å². The van der Waals surface area contributed by atoms with Gasteiger partial charge in [-0.3, -0.25) is 0 Å². The summed E-state index contributed by atoms with van der Waals surface area (Å²) in [6.45, 7) is 5.91. The van der Waals surface area contributed by atoms with Gasteiger partial charge in [-0.2, -0.15) is 0 Å². The highest BCUT2D eigenvalue weighted by atomic mass is 19.4. The van der Waals surface area contributed by atoms with Crippen molar-refractivity contribution < 1.29 is 17.9 Å². The molecule has 1 N–H and O–H groups in total. The molecular weight excluding hydrogens is 255 g/mol. The minimum atomic E-state index is -4.63. The number of halogens is 3. The molecule has 2 atom stereocenters. The van der Waals surface area contributed by atoms with Crippen molar-refractivity contribution in [3.05, 3.63) is 29.3 Å². The number of benzene rings is 1. The van der Waals surface area contributed by atoms with E-state index in [-0.39, 0.29) is 5.75 Å². The van der Waals surface area contributed by atoms with E-state index in [0.717, 1.165) is 30.6 Å². The van der Waals surface area contributed by atoms with Crippen molar-refractivity contribution in [1.82, 2.24) is 5.32 Å². The average molecular weight is 273 g/mol. The van der Waals surface area contributed by atoms with Crippen LogP contribution in [0.3, 0.4) is 0 Å². The molecular formula is C14H18F3NO. The van der Waals surface area contributed by atoms with Gasteiger partial charge in [-0.25, -0.2) is 0 Å². The standard InChI is InChI=1S/C14H18F3NO/c1-9-7-11(19-14(15,16)17)3-4-12(9)13-5-6-18-8-10(13)2/h3-4,7,10,13,18H,5-6,8H2,1-2H3. The van der Waals surface area contributed by atoms with Gasteiger partial charge in [0.25, 0.3) is 0 Å². The number of piperidine rings is 1. The van der Waals surface area contributed by atoms with Crippen molar-refractivity contribution in [1.29, 1.82) is 0 Å². The van der Waals surface area contributed by atoms with E-state index in [1.165, 1.54) is 12.1 Å². The predicted molar refractivity (Wildman–Crippen MR) is 67.3 cm³/mol. The Labute approximate surface area is 111 Å². The maximum Gasteiger partial charge on any atom is 0.573 e. The number of ether oxygens (including phenoxy) is 1. The van der Waals surface area contributed by atoms with E-state index in [4.69, 9.17) is 0 Å². The summed E-state index contributed by atoms with van der Waals surface area (Å²) < 4.78 is 40.4. The number of hydrogen-bond acceptors (Lipinski definition) is 2. The van der Waals surface area contributed by atoms with Gasteiger partial charge in [0.05, 0.1) is 0 Å². The van der Waals surface area contributed by atoms with Gasteiger partial charge in [-0.15, -0.1) is 13.2 Å². The molecule has 106 valence electrons. The van der Waals surface area contributed by atoms with Gasteiger partial charge < -0.3 is 10.1 Å². The number of nitrogens with one attached hydrogen (secondary N) is 1. The molecule has 5 heteroatoms. The predicted octanol–water partition coefficient (Wildman–Crippen LogP) is 3.61. The van der Waals surface area contributed by atoms with Crippen LogP contribution in [-0.2, 0) is 0 Å². The van der Waals surface area contributed by atoms with Gasteiger partial charge in [0.15, 0.2) is 0 Å². The highest BCUT2D eigenvalue weighted by Gasteiger charge is 2.31. The second kappa shape index (κ2) is 5.41. The Kier molecular flexibility index (Phi) is 4.04. The van der Waals surface area contributed by atoms with Crippen LogP contribution < -0.4 is 10.1 Å². The Hall–Kier alpha value is -1.23. The Balaban J connectivity index is 2.19. The topological polar surface area (TPSA) is 21.3 Å². The Bertz CT molecular complexity index is 445. The summed E-state index contributed by atoms with van der Waals surface area (Å²) in [5.41, 5.74) is 1.99. The molecule has 0 radical (unpaired) electrons. The Morgan fingerprint density at radius 1 is 1.32 bits per heavy atom. The highest BCUT2D eigenvalue weighted by Crippen LogP contribution is 2.34. The molecule has 0 aromatic heterocycles. The summed E-state index contributed by atoms with van der Waals surface area (Å²) in [5, 5.41) is 3.32. The SMILES string of the molecule is Cc1cc(OC(F)(F)F)ccc1C1CCNCC1C. The number of rotatable bonds is 2. The maximum absolute atomic E-state index is 12.2. The third-order valence-electron chi connectivity index (χ3n) is 3.66. The summed E-state index contributed by atoms with van der Waals surface area (Å²) in [6, 6.07) is 4.64. The lowest BCUT2D eigenvalue weighted by atomic mass is 9.80. The minimum absolute atomic E-state index is 0.143. The normalized spacial score (nSPS) is 24.3. The molecule has 1 saturated heterocycles. The van der Waals surface area contributed by atoms with Crippen LogP contribution in [0.2, 0.25) is 0 Å². The first-order valence-electron chi connectivity index (χ1n) is 6.44. The largest absolute Gasteiger partial charge is 0.573 e. The average Bonchev–Trinajstić information content (AvgIpc) is 2.28. The zero-order chi connectivity index (χ0) is 14.0. The Morgan fingerprint density at radius 3 is 2.63 bits per heavy atom. The van der Waals surface area contributed by atoms with Crippen LogP contribution in [0.1, 0.15) is 30.4 Å². The second-order valence-corrected chi connectivity index (χ2v) is 5.14. The Morgan fingerprint density at radius 2 is 2.05 bits per heavy atom. The molecule has 1 aliphatic rings. The van der Waals surface area contributed by atoms with E-state index < -0.39 is 6.36 Å². The fraction of sp³-hybridized carbons (Fsp3) is 0.571. The quantitative estimate of drug-likeness (QED) is 0.888. The van der Waals surface area contributed by atoms with Gasteiger partial charge in [-0.05, 0) is 61.5 Å². The first kappa shape index (κ1) is 14.2. The van der Waals surface area contributed by atoms with Gasteiger partial charge in [0.1, 0.15) is 5.75 Å².